The second-order valence-electron chi connectivity index (χ2n) is 10.9. The molecule has 0 unspecified atom stereocenters. The molecule has 0 saturated carbocycles. The molecule has 0 aliphatic heterocycles. The lowest BCUT2D eigenvalue weighted by Gasteiger charge is -2.19. The minimum Gasteiger partial charge on any atom is -0.496 e. The predicted octanol–water partition coefficient (Wildman–Crippen LogP) is 8.66. The van der Waals surface area contributed by atoms with Crippen LogP contribution in [-0.4, -0.2) is 68.4 Å². The molecule has 0 radical (unpaired) electrons. The fourth-order valence-electron chi connectivity index (χ4n) is 5.58. The fraction of sp³-hybridized carbons (Fsp3) is 0.316. The lowest BCUT2D eigenvalue weighted by molar-refractivity contribution is 0.102. The van der Waals surface area contributed by atoms with E-state index in [4.69, 9.17) is 37.9 Å². The van der Waals surface area contributed by atoms with Crippen molar-refractivity contribution in [2.45, 2.75) is 27.7 Å². The summed E-state index contributed by atoms with van der Waals surface area (Å²) in [5, 5.41) is 0. The first-order chi connectivity index (χ1) is 23.8. The SMILES string of the molecule is COc1cc(C)c(C(=O)c2c(C)ccc(Br)c2OC)c(OC)c1OC.COc1cc(OC)c(C(=O)c2c(C)ccc(OC)c2OC)c(C)c1Br. The number of hydrogen-bond acceptors (Lipinski definition) is 10. The van der Waals surface area contributed by atoms with Crippen molar-refractivity contribution in [3.8, 4) is 46.0 Å². The van der Waals surface area contributed by atoms with Crippen molar-refractivity contribution < 1.29 is 47.5 Å². The molecule has 10 nitrogen and oxygen atoms in total. The first kappa shape index (κ1) is 40.0. The average Bonchev–Trinajstić information content (AvgIpc) is 3.12. The van der Waals surface area contributed by atoms with Gasteiger partial charge < -0.3 is 37.9 Å². The molecule has 0 amide bonds. The molecule has 0 atom stereocenters. The summed E-state index contributed by atoms with van der Waals surface area (Å²) < 4.78 is 44.7. The monoisotopic (exact) mass is 816 g/mol. The van der Waals surface area contributed by atoms with E-state index in [1.807, 2.05) is 45.9 Å². The van der Waals surface area contributed by atoms with Crippen LogP contribution in [-0.2, 0) is 0 Å². The highest BCUT2D eigenvalue weighted by Crippen LogP contribution is 2.45. The van der Waals surface area contributed by atoms with Crippen LogP contribution in [0, 0.1) is 27.7 Å². The van der Waals surface area contributed by atoms with Crippen molar-refractivity contribution in [3.05, 3.63) is 89.9 Å². The zero-order valence-corrected chi connectivity index (χ0v) is 33.5. The first-order valence-electron chi connectivity index (χ1n) is 15.2. The van der Waals surface area contributed by atoms with Crippen LogP contribution in [0.4, 0.5) is 0 Å². The number of halogens is 2. The summed E-state index contributed by atoms with van der Waals surface area (Å²) in [4.78, 5) is 26.8. The van der Waals surface area contributed by atoms with E-state index in [0.717, 1.165) is 22.3 Å². The van der Waals surface area contributed by atoms with Gasteiger partial charge in [0.05, 0.1) is 88.1 Å². The number of ether oxygens (including phenoxy) is 8. The molecule has 0 aliphatic rings. The van der Waals surface area contributed by atoms with Crippen LogP contribution in [0.2, 0.25) is 0 Å². The molecule has 268 valence electrons. The number of carbonyl (C=O) groups is 2. The van der Waals surface area contributed by atoms with Crippen molar-refractivity contribution in [1.82, 2.24) is 0 Å². The Bertz CT molecular complexity index is 1900. The van der Waals surface area contributed by atoms with Crippen molar-refractivity contribution >= 4 is 43.4 Å². The smallest absolute Gasteiger partial charge is 0.204 e. The Balaban J connectivity index is 0.000000270. The van der Waals surface area contributed by atoms with Gasteiger partial charge in [-0.1, -0.05) is 12.1 Å². The molecular weight excluding hydrogens is 776 g/mol. The molecule has 0 spiro atoms. The summed E-state index contributed by atoms with van der Waals surface area (Å²) in [5.41, 5.74) is 4.83. The molecule has 0 heterocycles. The van der Waals surface area contributed by atoms with Crippen molar-refractivity contribution in [1.29, 1.82) is 0 Å². The Hall–Kier alpha value is -4.42. The maximum absolute atomic E-state index is 13.4. The van der Waals surface area contributed by atoms with Gasteiger partial charge in [0.1, 0.15) is 17.2 Å². The molecule has 4 rings (SSSR count). The van der Waals surface area contributed by atoms with Crippen LogP contribution < -0.4 is 37.9 Å². The lowest BCUT2D eigenvalue weighted by Crippen LogP contribution is -2.11. The average molecular weight is 819 g/mol. The van der Waals surface area contributed by atoms with E-state index in [1.165, 1.54) is 42.7 Å². The van der Waals surface area contributed by atoms with Crippen molar-refractivity contribution in [2.24, 2.45) is 0 Å². The van der Waals surface area contributed by atoms with Crippen LogP contribution in [0.5, 0.6) is 46.0 Å². The van der Waals surface area contributed by atoms with Crippen molar-refractivity contribution in [2.75, 3.05) is 56.9 Å². The molecule has 12 heteroatoms. The largest absolute Gasteiger partial charge is 0.496 e. The number of aryl methyl sites for hydroxylation is 3. The topological polar surface area (TPSA) is 108 Å². The number of methoxy groups -OCH3 is 8. The van der Waals surface area contributed by atoms with Crippen LogP contribution in [0.15, 0.2) is 45.3 Å². The Labute approximate surface area is 310 Å². The maximum Gasteiger partial charge on any atom is 0.204 e. The molecule has 50 heavy (non-hydrogen) atoms. The van der Waals surface area contributed by atoms with E-state index in [0.29, 0.717) is 77.2 Å². The Morgan fingerprint density at radius 2 is 0.900 bits per heavy atom. The zero-order chi connectivity index (χ0) is 37.4. The maximum atomic E-state index is 13.4. The van der Waals surface area contributed by atoms with Crippen LogP contribution in [0.3, 0.4) is 0 Å². The normalized spacial score (nSPS) is 10.4. The number of benzene rings is 4. The summed E-state index contributed by atoms with van der Waals surface area (Å²) in [6.07, 6.45) is 0. The van der Waals surface area contributed by atoms with Crippen LogP contribution in [0.25, 0.3) is 0 Å². The third kappa shape index (κ3) is 7.66. The van der Waals surface area contributed by atoms with E-state index < -0.39 is 0 Å². The highest BCUT2D eigenvalue weighted by atomic mass is 79.9. The van der Waals surface area contributed by atoms with Gasteiger partial charge in [-0.05, 0) is 100 Å². The number of ketones is 2. The first-order valence-corrected chi connectivity index (χ1v) is 16.7. The quantitative estimate of drug-likeness (QED) is 0.129. The van der Waals surface area contributed by atoms with E-state index in [9.17, 15) is 9.59 Å². The van der Waals surface area contributed by atoms with Gasteiger partial charge in [-0.15, -0.1) is 0 Å². The third-order valence-corrected chi connectivity index (χ3v) is 9.69. The molecular formula is C38H42Br2O10. The fourth-order valence-corrected chi connectivity index (χ4v) is 6.55. The molecule has 0 bridgehead atoms. The lowest BCUT2D eigenvalue weighted by atomic mass is 9.93. The summed E-state index contributed by atoms with van der Waals surface area (Å²) in [5.74, 6) is 3.24. The molecule has 4 aromatic carbocycles. The van der Waals surface area contributed by atoms with Gasteiger partial charge in [-0.25, -0.2) is 0 Å². The zero-order valence-electron chi connectivity index (χ0n) is 30.3. The minimum absolute atomic E-state index is 0.203. The second-order valence-corrected chi connectivity index (χ2v) is 12.5. The number of carbonyl (C=O) groups excluding carboxylic acids is 2. The van der Waals surface area contributed by atoms with Gasteiger partial charge in [-0.3, -0.25) is 9.59 Å². The van der Waals surface area contributed by atoms with Gasteiger partial charge >= 0.3 is 0 Å². The van der Waals surface area contributed by atoms with Crippen molar-refractivity contribution in [3.63, 3.8) is 0 Å². The second kappa shape index (κ2) is 17.5. The predicted molar refractivity (Wildman–Crippen MR) is 199 cm³/mol. The van der Waals surface area contributed by atoms with E-state index in [1.54, 1.807) is 32.4 Å². The Kier molecular flexibility index (Phi) is 14.0. The van der Waals surface area contributed by atoms with Crippen LogP contribution in [0.1, 0.15) is 54.1 Å². The minimum atomic E-state index is -0.203. The molecule has 0 N–H and O–H groups in total. The molecule has 0 saturated heterocycles. The van der Waals surface area contributed by atoms with E-state index >= 15 is 0 Å². The van der Waals surface area contributed by atoms with Gasteiger partial charge in [-0.2, -0.15) is 0 Å². The summed E-state index contributed by atoms with van der Waals surface area (Å²) in [7, 11) is 12.2. The van der Waals surface area contributed by atoms with E-state index in [2.05, 4.69) is 31.9 Å². The third-order valence-electron chi connectivity index (χ3n) is 8.08. The molecule has 0 aliphatic carbocycles. The van der Waals surface area contributed by atoms with E-state index in [-0.39, 0.29) is 11.6 Å². The van der Waals surface area contributed by atoms with Gasteiger partial charge in [0.25, 0.3) is 0 Å². The number of rotatable bonds is 12. The van der Waals surface area contributed by atoms with Crippen LogP contribution >= 0.6 is 31.9 Å². The molecule has 0 fully saturated rings. The van der Waals surface area contributed by atoms with Gasteiger partial charge in [0.15, 0.2) is 23.0 Å². The van der Waals surface area contributed by atoms with Gasteiger partial charge in [0, 0.05) is 6.07 Å². The summed E-state index contributed by atoms with van der Waals surface area (Å²) in [6.45, 7) is 7.39. The highest BCUT2D eigenvalue weighted by molar-refractivity contribution is 9.11. The number of hydrogen-bond donors (Lipinski definition) is 0. The molecule has 4 aromatic rings. The molecule has 0 aromatic heterocycles. The highest BCUT2D eigenvalue weighted by Gasteiger charge is 2.29. The standard InChI is InChI=1S/2C19H21BrO5/c1-10-7-8-12(22-3)19(25-6)15(10)18(21)16-11(2)17(20)14(24-5)9-13(16)23-4;1-10-7-8-12(20)17(23-4)14(10)16(21)15-11(2)9-13(22-3)18(24-5)19(15)25-6/h2*7-9H,1-6H3. The van der Waals surface area contributed by atoms with Gasteiger partial charge in [0.2, 0.25) is 17.3 Å². The summed E-state index contributed by atoms with van der Waals surface area (Å²) >= 11 is 6.92. The Morgan fingerprint density at radius 1 is 0.440 bits per heavy atom. The Morgan fingerprint density at radius 3 is 1.40 bits per heavy atom. The summed E-state index contributed by atoms with van der Waals surface area (Å²) in [6, 6.07) is 10.8.